The molecule has 1 aromatic carbocycles. The van der Waals surface area contributed by atoms with Gasteiger partial charge in [-0.3, -0.25) is 0 Å². The maximum Gasteiger partial charge on any atom is 0.341 e. The second-order valence-corrected chi connectivity index (χ2v) is 3.68. The summed E-state index contributed by atoms with van der Waals surface area (Å²) in [4.78, 5) is 11.5. The van der Waals surface area contributed by atoms with Crippen LogP contribution in [0.2, 0.25) is 0 Å². The maximum absolute atomic E-state index is 11.5. The highest BCUT2D eigenvalue weighted by molar-refractivity contribution is 7.80. The van der Waals surface area contributed by atoms with E-state index in [0.717, 1.165) is 0 Å². The molecule has 0 unspecified atom stereocenters. The summed E-state index contributed by atoms with van der Waals surface area (Å²) >= 11 is 4.04. The van der Waals surface area contributed by atoms with Crippen LogP contribution in [0.3, 0.4) is 0 Å². The molecule has 0 radical (unpaired) electrons. The van der Waals surface area contributed by atoms with Crippen LogP contribution in [0.5, 0.6) is 11.5 Å². The van der Waals surface area contributed by atoms with Gasteiger partial charge in [-0.1, -0.05) is 12.2 Å². The summed E-state index contributed by atoms with van der Waals surface area (Å²) in [5, 5.41) is 0. The number of hydrogen-bond acceptors (Lipinski definition) is 5. The van der Waals surface area contributed by atoms with Gasteiger partial charge >= 0.3 is 5.97 Å². The van der Waals surface area contributed by atoms with Gasteiger partial charge in [-0.2, -0.15) is 12.6 Å². The van der Waals surface area contributed by atoms with Gasteiger partial charge in [0.2, 0.25) is 0 Å². The molecule has 0 aliphatic heterocycles. The van der Waals surface area contributed by atoms with Gasteiger partial charge in [0.15, 0.2) is 0 Å². The van der Waals surface area contributed by atoms with E-state index in [1.807, 2.05) is 12.2 Å². The molecule has 5 heteroatoms. The van der Waals surface area contributed by atoms with Gasteiger partial charge in [-0.05, 0) is 12.1 Å². The van der Waals surface area contributed by atoms with Gasteiger partial charge in [-0.25, -0.2) is 4.79 Å². The summed E-state index contributed by atoms with van der Waals surface area (Å²) < 4.78 is 15.3. The molecule has 0 atom stereocenters. The van der Waals surface area contributed by atoms with Crippen molar-refractivity contribution in [2.75, 3.05) is 26.6 Å². The lowest BCUT2D eigenvalue weighted by molar-refractivity contribution is 0.0596. The number of benzene rings is 1. The molecule has 1 aromatic rings. The van der Waals surface area contributed by atoms with E-state index in [0.29, 0.717) is 29.4 Å². The molecule has 0 amide bonds. The molecule has 0 heterocycles. The van der Waals surface area contributed by atoms with Crippen molar-refractivity contribution in [1.82, 2.24) is 0 Å². The summed E-state index contributed by atoms with van der Waals surface area (Å²) in [6.07, 6.45) is 3.69. The second-order valence-electron chi connectivity index (χ2n) is 3.32. The van der Waals surface area contributed by atoms with Crippen LogP contribution in [0, 0.1) is 0 Å². The lowest BCUT2D eigenvalue weighted by atomic mass is 10.2. The normalized spacial score (nSPS) is 10.4. The third kappa shape index (κ3) is 4.00. The average Bonchev–Trinajstić information content (AvgIpc) is 2.42. The fourth-order valence-corrected chi connectivity index (χ4v) is 1.46. The molecular weight excluding hydrogens is 252 g/mol. The van der Waals surface area contributed by atoms with Crippen molar-refractivity contribution in [2.45, 2.75) is 0 Å². The highest BCUT2D eigenvalue weighted by atomic mass is 32.1. The van der Waals surface area contributed by atoms with E-state index in [2.05, 4.69) is 17.4 Å². The first-order chi connectivity index (χ1) is 8.72. The zero-order chi connectivity index (χ0) is 13.4. The Labute approximate surface area is 112 Å². The molecule has 0 fully saturated rings. The van der Waals surface area contributed by atoms with Crippen molar-refractivity contribution in [3.8, 4) is 11.5 Å². The molecule has 0 spiro atoms. The fraction of sp³-hybridized carbons (Fsp3) is 0.308. The Kier molecular flexibility index (Phi) is 6.14. The molecule has 98 valence electrons. The van der Waals surface area contributed by atoms with Crippen LogP contribution in [-0.4, -0.2) is 32.5 Å². The molecule has 0 aliphatic rings. The number of esters is 1. The maximum atomic E-state index is 11.5. The minimum absolute atomic E-state index is 0.359. The van der Waals surface area contributed by atoms with Crippen molar-refractivity contribution in [1.29, 1.82) is 0 Å². The van der Waals surface area contributed by atoms with E-state index in [9.17, 15) is 4.79 Å². The van der Waals surface area contributed by atoms with Crippen molar-refractivity contribution < 1.29 is 19.0 Å². The number of hydrogen-bond donors (Lipinski definition) is 1. The molecular formula is C13H16O4S. The molecule has 0 saturated heterocycles. The summed E-state index contributed by atoms with van der Waals surface area (Å²) in [7, 11) is 2.88. The van der Waals surface area contributed by atoms with E-state index < -0.39 is 5.97 Å². The predicted octanol–water partition coefficient (Wildman–Crippen LogP) is 2.35. The van der Waals surface area contributed by atoms with Crippen molar-refractivity contribution in [3.63, 3.8) is 0 Å². The van der Waals surface area contributed by atoms with Gasteiger partial charge in [0, 0.05) is 11.8 Å². The van der Waals surface area contributed by atoms with Gasteiger partial charge in [0.25, 0.3) is 0 Å². The molecule has 0 bridgehead atoms. The number of rotatable bonds is 6. The largest absolute Gasteiger partial charge is 0.497 e. The number of carbonyl (C=O) groups excluding carboxylic acids is 1. The number of methoxy groups -OCH3 is 2. The number of carbonyl (C=O) groups is 1. The second kappa shape index (κ2) is 7.66. The topological polar surface area (TPSA) is 44.8 Å². The zero-order valence-corrected chi connectivity index (χ0v) is 11.3. The Hall–Kier alpha value is -1.62. The average molecular weight is 268 g/mol. The highest BCUT2D eigenvalue weighted by Gasteiger charge is 2.13. The van der Waals surface area contributed by atoms with Gasteiger partial charge in [-0.15, -0.1) is 0 Å². The fourth-order valence-electron chi connectivity index (χ4n) is 1.31. The van der Waals surface area contributed by atoms with E-state index in [1.165, 1.54) is 7.11 Å². The van der Waals surface area contributed by atoms with E-state index in [4.69, 9.17) is 9.47 Å². The quantitative estimate of drug-likeness (QED) is 0.488. The summed E-state index contributed by atoms with van der Waals surface area (Å²) in [6, 6.07) is 4.95. The predicted molar refractivity (Wildman–Crippen MR) is 72.8 cm³/mol. The van der Waals surface area contributed by atoms with E-state index in [-0.39, 0.29) is 0 Å². The van der Waals surface area contributed by atoms with Crippen LogP contribution in [0.15, 0.2) is 30.4 Å². The standard InChI is InChI=1S/C13H16O4S/c1-15-10-5-6-11(13(14)16-2)12(9-10)17-7-3-4-8-18/h3-6,9,18H,7-8H2,1-2H3. The molecule has 4 nitrogen and oxygen atoms in total. The minimum Gasteiger partial charge on any atom is -0.497 e. The van der Waals surface area contributed by atoms with Crippen LogP contribution in [0.25, 0.3) is 0 Å². The van der Waals surface area contributed by atoms with E-state index >= 15 is 0 Å². The molecule has 0 aromatic heterocycles. The minimum atomic E-state index is -0.439. The Morgan fingerprint density at radius 1 is 1.33 bits per heavy atom. The van der Waals surface area contributed by atoms with Gasteiger partial charge < -0.3 is 14.2 Å². The van der Waals surface area contributed by atoms with Crippen LogP contribution >= 0.6 is 12.6 Å². The first kappa shape index (κ1) is 14.4. The number of ether oxygens (including phenoxy) is 3. The molecule has 18 heavy (non-hydrogen) atoms. The highest BCUT2D eigenvalue weighted by Crippen LogP contribution is 2.25. The lowest BCUT2D eigenvalue weighted by Crippen LogP contribution is -2.06. The van der Waals surface area contributed by atoms with Crippen molar-refractivity contribution in [2.24, 2.45) is 0 Å². The van der Waals surface area contributed by atoms with E-state index in [1.54, 1.807) is 25.3 Å². The zero-order valence-electron chi connectivity index (χ0n) is 10.4. The Morgan fingerprint density at radius 2 is 2.11 bits per heavy atom. The lowest BCUT2D eigenvalue weighted by Gasteiger charge is -2.10. The van der Waals surface area contributed by atoms with Gasteiger partial charge in [0.05, 0.1) is 14.2 Å². The number of thiol groups is 1. The first-order valence-electron chi connectivity index (χ1n) is 5.38. The Morgan fingerprint density at radius 3 is 2.72 bits per heavy atom. The summed E-state index contributed by atoms with van der Waals surface area (Å²) in [6.45, 7) is 0.359. The smallest absolute Gasteiger partial charge is 0.341 e. The molecule has 0 saturated carbocycles. The third-order valence-corrected chi connectivity index (χ3v) is 2.41. The third-order valence-electron chi connectivity index (χ3n) is 2.20. The molecule has 0 N–H and O–H groups in total. The summed E-state index contributed by atoms with van der Waals surface area (Å²) in [5.74, 6) is 1.26. The first-order valence-corrected chi connectivity index (χ1v) is 6.01. The van der Waals surface area contributed by atoms with Crippen LogP contribution in [0.4, 0.5) is 0 Å². The van der Waals surface area contributed by atoms with Crippen LogP contribution < -0.4 is 9.47 Å². The molecule has 1 rings (SSSR count). The Balaban J connectivity index is 2.89. The Bertz CT molecular complexity index is 429. The molecule has 0 aliphatic carbocycles. The van der Waals surface area contributed by atoms with Gasteiger partial charge in [0.1, 0.15) is 23.7 Å². The summed E-state index contributed by atoms with van der Waals surface area (Å²) in [5.41, 5.74) is 0.373. The van der Waals surface area contributed by atoms with Crippen molar-refractivity contribution >= 4 is 18.6 Å². The van der Waals surface area contributed by atoms with Crippen LogP contribution in [-0.2, 0) is 4.74 Å². The SMILES string of the molecule is COC(=O)c1ccc(OC)cc1OCC=CCS. The van der Waals surface area contributed by atoms with Crippen molar-refractivity contribution in [3.05, 3.63) is 35.9 Å². The van der Waals surface area contributed by atoms with Crippen LogP contribution in [0.1, 0.15) is 10.4 Å². The monoisotopic (exact) mass is 268 g/mol.